The molecule has 0 N–H and O–H groups in total. The number of piperidine rings is 1. The highest BCUT2D eigenvalue weighted by atomic mass is 16.1. The van der Waals surface area contributed by atoms with Gasteiger partial charge in [-0.05, 0) is 49.9 Å². The molecule has 1 aliphatic rings. The molecular formula is C14H19NO. The molecule has 2 nitrogen and oxygen atoms in total. The minimum Gasteiger partial charge on any atom is -0.371 e. The van der Waals surface area contributed by atoms with Gasteiger partial charge in [-0.15, -0.1) is 0 Å². The van der Waals surface area contributed by atoms with Crippen LogP contribution in [-0.4, -0.2) is 18.9 Å². The maximum atomic E-state index is 11.2. The number of carbonyl (C=O) groups excluding carboxylic acids is 1. The van der Waals surface area contributed by atoms with E-state index in [2.05, 4.69) is 24.0 Å². The smallest absolute Gasteiger partial charge is 0.159 e. The van der Waals surface area contributed by atoms with E-state index in [9.17, 15) is 4.79 Å². The Morgan fingerprint density at radius 1 is 1.31 bits per heavy atom. The van der Waals surface area contributed by atoms with Crippen LogP contribution in [0.2, 0.25) is 0 Å². The molecule has 0 amide bonds. The normalized spacial score (nSPS) is 20.9. The minimum absolute atomic E-state index is 0.138. The Labute approximate surface area is 97.3 Å². The number of carbonyl (C=O) groups is 1. The quantitative estimate of drug-likeness (QED) is 0.709. The van der Waals surface area contributed by atoms with Gasteiger partial charge in [0, 0.05) is 24.3 Å². The van der Waals surface area contributed by atoms with E-state index in [1.807, 2.05) is 12.1 Å². The van der Waals surface area contributed by atoms with Crippen LogP contribution in [0.5, 0.6) is 0 Å². The van der Waals surface area contributed by atoms with Gasteiger partial charge in [0.05, 0.1) is 0 Å². The van der Waals surface area contributed by atoms with Crippen LogP contribution in [0.3, 0.4) is 0 Å². The third-order valence-electron chi connectivity index (χ3n) is 3.30. The number of hydrogen-bond acceptors (Lipinski definition) is 2. The maximum absolute atomic E-state index is 11.2. The van der Waals surface area contributed by atoms with E-state index in [1.54, 1.807) is 6.92 Å². The lowest BCUT2D eigenvalue weighted by atomic mass is 9.99. The minimum atomic E-state index is 0.138. The summed E-state index contributed by atoms with van der Waals surface area (Å²) in [6, 6.07) is 7.98. The van der Waals surface area contributed by atoms with Crippen LogP contribution in [0.25, 0.3) is 0 Å². The summed E-state index contributed by atoms with van der Waals surface area (Å²) in [7, 11) is 0. The van der Waals surface area contributed by atoms with Gasteiger partial charge in [0.15, 0.2) is 5.78 Å². The monoisotopic (exact) mass is 217 g/mol. The van der Waals surface area contributed by atoms with Gasteiger partial charge in [-0.3, -0.25) is 4.79 Å². The van der Waals surface area contributed by atoms with Crippen LogP contribution in [0.15, 0.2) is 24.3 Å². The number of hydrogen-bond donors (Lipinski definition) is 0. The molecule has 2 rings (SSSR count). The molecule has 16 heavy (non-hydrogen) atoms. The summed E-state index contributed by atoms with van der Waals surface area (Å²) >= 11 is 0. The van der Waals surface area contributed by atoms with E-state index in [4.69, 9.17) is 0 Å². The van der Waals surface area contributed by atoms with E-state index in [0.717, 1.165) is 24.6 Å². The Morgan fingerprint density at radius 3 is 2.56 bits per heavy atom. The molecule has 1 aromatic carbocycles. The van der Waals surface area contributed by atoms with E-state index in [0.29, 0.717) is 0 Å². The van der Waals surface area contributed by atoms with Gasteiger partial charge < -0.3 is 4.90 Å². The van der Waals surface area contributed by atoms with E-state index in [1.165, 1.54) is 18.5 Å². The Hall–Kier alpha value is -1.31. The number of rotatable bonds is 2. The summed E-state index contributed by atoms with van der Waals surface area (Å²) in [4.78, 5) is 13.6. The zero-order chi connectivity index (χ0) is 11.5. The number of Topliss-reactive ketones (excluding diaryl/α,β-unsaturated/α-hetero) is 1. The van der Waals surface area contributed by atoms with Crippen LogP contribution >= 0.6 is 0 Å². The van der Waals surface area contributed by atoms with Crippen molar-refractivity contribution in [2.24, 2.45) is 5.92 Å². The van der Waals surface area contributed by atoms with Crippen molar-refractivity contribution in [2.75, 3.05) is 18.0 Å². The lowest BCUT2D eigenvalue weighted by Crippen LogP contribution is -2.34. The van der Waals surface area contributed by atoms with Crippen molar-refractivity contribution in [3.63, 3.8) is 0 Å². The number of anilines is 1. The fraction of sp³-hybridized carbons (Fsp3) is 0.500. The summed E-state index contributed by atoms with van der Waals surface area (Å²) < 4.78 is 0. The molecule has 1 aromatic rings. The molecule has 0 bridgehead atoms. The molecule has 0 radical (unpaired) electrons. The number of benzene rings is 1. The first-order valence-corrected chi connectivity index (χ1v) is 6.03. The van der Waals surface area contributed by atoms with Crippen LogP contribution in [0, 0.1) is 5.92 Å². The zero-order valence-electron chi connectivity index (χ0n) is 10.1. The Morgan fingerprint density at radius 2 is 2.00 bits per heavy atom. The predicted molar refractivity (Wildman–Crippen MR) is 67.1 cm³/mol. The number of nitrogens with zero attached hydrogens (tertiary/aromatic N) is 1. The van der Waals surface area contributed by atoms with Gasteiger partial charge in [-0.1, -0.05) is 6.92 Å². The second-order valence-corrected chi connectivity index (χ2v) is 4.80. The summed E-state index contributed by atoms with van der Waals surface area (Å²) in [5.74, 6) is 0.916. The Bertz CT molecular complexity index is 369. The first-order valence-electron chi connectivity index (χ1n) is 6.03. The summed E-state index contributed by atoms with van der Waals surface area (Å²) in [6.45, 7) is 6.19. The standard InChI is InChI=1S/C14H19NO/c1-11-4-3-9-15(10-11)14-7-5-13(6-8-14)12(2)16/h5-8,11H,3-4,9-10H2,1-2H3/t11-/m1/s1. The highest BCUT2D eigenvalue weighted by Gasteiger charge is 2.16. The van der Waals surface area contributed by atoms with Crippen molar-refractivity contribution < 1.29 is 4.79 Å². The third-order valence-corrected chi connectivity index (χ3v) is 3.30. The largest absolute Gasteiger partial charge is 0.371 e. The van der Waals surface area contributed by atoms with Crippen molar-refractivity contribution in [1.82, 2.24) is 0 Å². The molecule has 1 atom stereocenters. The van der Waals surface area contributed by atoms with E-state index >= 15 is 0 Å². The van der Waals surface area contributed by atoms with Gasteiger partial charge in [0.1, 0.15) is 0 Å². The fourth-order valence-electron chi connectivity index (χ4n) is 2.33. The first kappa shape index (κ1) is 11.2. The van der Waals surface area contributed by atoms with E-state index in [-0.39, 0.29) is 5.78 Å². The lowest BCUT2D eigenvalue weighted by Gasteiger charge is -2.32. The molecule has 0 spiro atoms. The molecule has 86 valence electrons. The second-order valence-electron chi connectivity index (χ2n) is 4.80. The van der Waals surface area contributed by atoms with Gasteiger partial charge in [-0.25, -0.2) is 0 Å². The highest BCUT2D eigenvalue weighted by molar-refractivity contribution is 5.94. The molecular weight excluding hydrogens is 198 g/mol. The highest BCUT2D eigenvalue weighted by Crippen LogP contribution is 2.23. The molecule has 0 aromatic heterocycles. The van der Waals surface area contributed by atoms with Gasteiger partial charge in [0.2, 0.25) is 0 Å². The fourth-order valence-corrected chi connectivity index (χ4v) is 2.33. The summed E-state index contributed by atoms with van der Waals surface area (Å²) in [5, 5.41) is 0. The van der Waals surface area contributed by atoms with Gasteiger partial charge in [-0.2, -0.15) is 0 Å². The average Bonchev–Trinajstić information content (AvgIpc) is 2.29. The number of ketones is 1. The molecule has 1 heterocycles. The van der Waals surface area contributed by atoms with Crippen molar-refractivity contribution >= 4 is 11.5 Å². The molecule has 1 saturated heterocycles. The van der Waals surface area contributed by atoms with Crippen LogP contribution in [-0.2, 0) is 0 Å². The predicted octanol–water partition coefficient (Wildman–Crippen LogP) is 3.13. The van der Waals surface area contributed by atoms with Crippen LogP contribution in [0.1, 0.15) is 37.0 Å². The second kappa shape index (κ2) is 4.69. The summed E-state index contributed by atoms with van der Waals surface area (Å²) in [6.07, 6.45) is 2.61. The third kappa shape index (κ3) is 2.43. The van der Waals surface area contributed by atoms with Crippen LogP contribution in [0.4, 0.5) is 5.69 Å². The first-order chi connectivity index (χ1) is 7.66. The zero-order valence-corrected chi connectivity index (χ0v) is 10.1. The molecule has 2 heteroatoms. The topological polar surface area (TPSA) is 20.3 Å². The van der Waals surface area contributed by atoms with Crippen molar-refractivity contribution in [2.45, 2.75) is 26.7 Å². The average molecular weight is 217 g/mol. The maximum Gasteiger partial charge on any atom is 0.159 e. The lowest BCUT2D eigenvalue weighted by molar-refractivity contribution is 0.101. The van der Waals surface area contributed by atoms with Crippen LogP contribution < -0.4 is 4.90 Å². The van der Waals surface area contributed by atoms with Gasteiger partial charge in [0.25, 0.3) is 0 Å². The van der Waals surface area contributed by atoms with E-state index < -0.39 is 0 Å². The molecule has 1 aliphatic heterocycles. The van der Waals surface area contributed by atoms with Gasteiger partial charge >= 0.3 is 0 Å². The van der Waals surface area contributed by atoms with Crippen molar-refractivity contribution in [3.8, 4) is 0 Å². The molecule has 0 saturated carbocycles. The SMILES string of the molecule is CC(=O)c1ccc(N2CCC[C@@H](C)C2)cc1. The molecule has 0 aliphatic carbocycles. The molecule has 1 fully saturated rings. The summed E-state index contributed by atoms with van der Waals surface area (Å²) in [5.41, 5.74) is 2.05. The Kier molecular flexibility index (Phi) is 3.28. The molecule has 0 unspecified atom stereocenters. The van der Waals surface area contributed by atoms with Crippen molar-refractivity contribution in [1.29, 1.82) is 0 Å². The van der Waals surface area contributed by atoms with Crippen molar-refractivity contribution in [3.05, 3.63) is 29.8 Å². The Balaban J connectivity index is 2.11.